The summed E-state index contributed by atoms with van der Waals surface area (Å²) in [5.74, 6) is 0.799. The second-order valence-electron chi connectivity index (χ2n) is 7.76. The summed E-state index contributed by atoms with van der Waals surface area (Å²) in [5, 5.41) is 0.783. The van der Waals surface area contributed by atoms with Crippen LogP contribution >= 0.6 is 23.2 Å². The number of fused-ring (bicyclic) bond motifs is 2. The minimum atomic E-state index is -0.559. The fourth-order valence-electron chi connectivity index (χ4n) is 3.73. The summed E-state index contributed by atoms with van der Waals surface area (Å²) >= 11 is 12.4. The van der Waals surface area contributed by atoms with Crippen molar-refractivity contribution < 1.29 is 4.79 Å². The molecule has 3 aromatic rings. The lowest BCUT2D eigenvalue weighted by Gasteiger charge is -2.20. The van der Waals surface area contributed by atoms with Crippen molar-refractivity contribution in [3.63, 3.8) is 0 Å². The van der Waals surface area contributed by atoms with Crippen LogP contribution < -0.4 is 10.6 Å². The molecule has 1 amide bonds. The number of rotatable bonds is 4. The van der Waals surface area contributed by atoms with Crippen LogP contribution in [0.5, 0.6) is 0 Å². The monoisotopic (exact) mass is 416 g/mol. The Morgan fingerprint density at radius 3 is 2.50 bits per heavy atom. The van der Waals surface area contributed by atoms with Gasteiger partial charge in [-0.25, -0.2) is 4.98 Å². The van der Waals surface area contributed by atoms with Gasteiger partial charge in [0.05, 0.1) is 37.9 Å². The van der Waals surface area contributed by atoms with Gasteiger partial charge in [0.1, 0.15) is 5.82 Å². The number of hydrogen-bond acceptors (Lipinski definition) is 3. The van der Waals surface area contributed by atoms with Crippen LogP contribution in [0.3, 0.4) is 0 Å². The van der Waals surface area contributed by atoms with Crippen LogP contribution in [0.25, 0.3) is 22.4 Å². The molecule has 0 saturated carbocycles. The summed E-state index contributed by atoms with van der Waals surface area (Å²) in [6.45, 7) is 6.79. The quantitative estimate of drug-likeness (QED) is 0.547. The van der Waals surface area contributed by atoms with Crippen molar-refractivity contribution in [2.24, 2.45) is 0 Å². The highest BCUT2D eigenvalue weighted by Crippen LogP contribution is 2.44. The minimum Gasteiger partial charge on any atom is -0.396 e. The number of anilines is 2. The molecule has 1 aromatic heterocycles. The largest absolute Gasteiger partial charge is 0.396 e. The Balaban J connectivity index is 1.84. The van der Waals surface area contributed by atoms with Crippen molar-refractivity contribution in [2.45, 2.75) is 39.0 Å². The van der Waals surface area contributed by atoms with E-state index in [4.69, 9.17) is 33.9 Å². The van der Waals surface area contributed by atoms with Gasteiger partial charge in [-0.15, -0.1) is 0 Å². The van der Waals surface area contributed by atoms with Gasteiger partial charge < -0.3 is 15.6 Å². The van der Waals surface area contributed by atoms with Gasteiger partial charge in [-0.3, -0.25) is 4.79 Å². The van der Waals surface area contributed by atoms with Crippen LogP contribution in [0.4, 0.5) is 11.4 Å². The zero-order valence-electron chi connectivity index (χ0n) is 16.1. The Labute approximate surface area is 173 Å². The lowest BCUT2D eigenvalue weighted by atomic mass is 9.86. The maximum absolute atomic E-state index is 12.9. The van der Waals surface area contributed by atoms with E-state index in [0.29, 0.717) is 21.6 Å². The SMILES string of the molecule is CCCCN1C(=O)C(C)(C)c2cc3[nH]c(-c4cc(Cl)c(N)c(Cl)c4)nc3cc21. The molecule has 7 heteroatoms. The van der Waals surface area contributed by atoms with Gasteiger partial charge in [0.25, 0.3) is 0 Å². The predicted octanol–water partition coefficient (Wildman–Crippen LogP) is 5.54. The number of hydrogen-bond donors (Lipinski definition) is 2. The molecule has 0 aliphatic carbocycles. The van der Waals surface area contributed by atoms with Gasteiger partial charge in [-0.05, 0) is 50.1 Å². The molecular weight excluding hydrogens is 395 g/mol. The summed E-state index contributed by atoms with van der Waals surface area (Å²) in [4.78, 5) is 22.9. The van der Waals surface area contributed by atoms with Crippen LogP contribution in [0.2, 0.25) is 10.0 Å². The van der Waals surface area contributed by atoms with Crippen molar-refractivity contribution in [3.8, 4) is 11.4 Å². The number of nitrogens with zero attached hydrogens (tertiary/aromatic N) is 2. The topological polar surface area (TPSA) is 75.0 Å². The highest BCUT2D eigenvalue weighted by molar-refractivity contribution is 6.39. The molecular formula is C21H22Cl2N4O. The third-order valence-electron chi connectivity index (χ3n) is 5.43. The first-order valence-corrected chi connectivity index (χ1v) is 10.1. The normalized spacial score (nSPS) is 15.5. The van der Waals surface area contributed by atoms with Crippen molar-refractivity contribution in [1.29, 1.82) is 0 Å². The summed E-state index contributed by atoms with van der Waals surface area (Å²) in [6.07, 6.45) is 2.00. The Morgan fingerprint density at radius 1 is 1.18 bits per heavy atom. The van der Waals surface area contributed by atoms with Gasteiger partial charge in [0.15, 0.2) is 0 Å². The summed E-state index contributed by atoms with van der Waals surface area (Å²) < 4.78 is 0. The molecule has 0 saturated heterocycles. The van der Waals surface area contributed by atoms with Crippen molar-refractivity contribution in [2.75, 3.05) is 17.2 Å². The number of imidazole rings is 1. The molecule has 2 aromatic carbocycles. The van der Waals surface area contributed by atoms with Gasteiger partial charge in [-0.2, -0.15) is 0 Å². The van der Waals surface area contributed by atoms with Crippen molar-refractivity contribution in [1.82, 2.24) is 9.97 Å². The van der Waals surface area contributed by atoms with Crippen LogP contribution in [0.15, 0.2) is 24.3 Å². The number of halogens is 2. The number of unbranched alkanes of at least 4 members (excludes halogenated alkanes) is 1. The number of nitrogens with one attached hydrogen (secondary N) is 1. The number of amides is 1. The molecule has 1 aliphatic rings. The van der Waals surface area contributed by atoms with Gasteiger partial charge in [0, 0.05) is 12.1 Å². The van der Waals surface area contributed by atoms with E-state index in [0.717, 1.165) is 47.2 Å². The third kappa shape index (κ3) is 2.85. The van der Waals surface area contributed by atoms with E-state index in [-0.39, 0.29) is 5.91 Å². The van der Waals surface area contributed by atoms with E-state index < -0.39 is 5.41 Å². The molecule has 4 rings (SSSR count). The molecule has 3 N–H and O–H groups in total. The number of nitrogen functional groups attached to an aromatic ring is 1. The second-order valence-corrected chi connectivity index (χ2v) is 8.58. The summed E-state index contributed by atoms with van der Waals surface area (Å²) in [5.41, 5.74) is 10.0. The average molecular weight is 417 g/mol. The fourth-order valence-corrected chi connectivity index (χ4v) is 4.21. The first kappa shape index (κ1) is 19.1. The zero-order chi connectivity index (χ0) is 20.2. The molecule has 0 fully saturated rings. The molecule has 5 nitrogen and oxygen atoms in total. The molecule has 1 aliphatic heterocycles. The molecule has 146 valence electrons. The van der Waals surface area contributed by atoms with Crippen LogP contribution in [-0.2, 0) is 10.2 Å². The van der Waals surface area contributed by atoms with Gasteiger partial charge >= 0.3 is 0 Å². The molecule has 28 heavy (non-hydrogen) atoms. The number of benzene rings is 2. The Morgan fingerprint density at radius 2 is 1.86 bits per heavy atom. The molecule has 0 bridgehead atoms. The maximum atomic E-state index is 12.9. The Hall–Kier alpha value is -2.24. The maximum Gasteiger partial charge on any atom is 0.237 e. The highest BCUT2D eigenvalue weighted by atomic mass is 35.5. The zero-order valence-corrected chi connectivity index (χ0v) is 17.6. The lowest BCUT2D eigenvalue weighted by molar-refractivity contribution is -0.122. The Bertz CT molecular complexity index is 1080. The number of aromatic amines is 1. The first-order chi connectivity index (χ1) is 13.2. The number of carbonyl (C=O) groups excluding carboxylic acids is 1. The molecule has 0 radical (unpaired) electrons. The van der Waals surface area contributed by atoms with E-state index in [1.54, 1.807) is 12.1 Å². The predicted molar refractivity (Wildman–Crippen MR) is 116 cm³/mol. The number of nitrogens with two attached hydrogens (primary N) is 1. The van der Waals surface area contributed by atoms with Gasteiger partial charge in [-0.1, -0.05) is 36.5 Å². The van der Waals surface area contributed by atoms with E-state index >= 15 is 0 Å². The van der Waals surface area contributed by atoms with E-state index in [1.165, 1.54) is 0 Å². The lowest BCUT2D eigenvalue weighted by Crippen LogP contribution is -2.36. The third-order valence-corrected chi connectivity index (χ3v) is 6.06. The highest BCUT2D eigenvalue weighted by Gasteiger charge is 2.43. The summed E-state index contributed by atoms with van der Waals surface area (Å²) in [7, 11) is 0. The van der Waals surface area contributed by atoms with Crippen LogP contribution in [-0.4, -0.2) is 22.4 Å². The van der Waals surface area contributed by atoms with Crippen LogP contribution in [0, 0.1) is 0 Å². The molecule has 0 spiro atoms. The van der Waals surface area contributed by atoms with E-state index in [2.05, 4.69) is 11.9 Å². The average Bonchev–Trinajstić information content (AvgIpc) is 3.14. The van der Waals surface area contributed by atoms with E-state index in [1.807, 2.05) is 30.9 Å². The van der Waals surface area contributed by atoms with E-state index in [9.17, 15) is 4.79 Å². The molecule has 2 heterocycles. The van der Waals surface area contributed by atoms with Crippen LogP contribution in [0.1, 0.15) is 39.2 Å². The fraction of sp³-hybridized carbons (Fsp3) is 0.333. The molecule has 0 unspecified atom stereocenters. The second kappa shape index (κ2) is 6.68. The summed E-state index contributed by atoms with van der Waals surface area (Å²) in [6, 6.07) is 7.52. The van der Waals surface area contributed by atoms with Gasteiger partial charge in [0.2, 0.25) is 5.91 Å². The first-order valence-electron chi connectivity index (χ1n) is 9.35. The number of carbonyl (C=O) groups is 1. The standard InChI is InChI=1S/C21H22Cl2N4O/c1-4-5-6-27-17-10-16-15(9-12(17)21(2,3)20(27)28)25-19(26-16)11-7-13(22)18(24)14(23)8-11/h7-10H,4-6,24H2,1-3H3,(H,25,26). The smallest absolute Gasteiger partial charge is 0.237 e. The van der Waals surface area contributed by atoms with Crippen molar-refractivity contribution in [3.05, 3.63) is 39.9 Å². The van der Waals surface area contributed by atoms with Crippen molar-refractivity contribution >= 4 is 51.5 Å². The Kier molecular flexibility index (Phi) is 4.55. The number of aromatic nitrogens is 2. The molecule has 0 atom stereocenters. The minimum absolute atomic E-state index is 0.140. The number of H-pyrrole nitrogens is 1.